The monoisotopic (exact) mass is 1300 g/mol. The van der Waals surface area contributed by atoms with Crippen LogP contribution in [0.15, 0.2) is 77.0 Å². The number of aliphatic hydroxyl groups is 1. The fourth-order valence-electron chi connectivity index (χ4n) is 12.1. The van der Waals surface area contributed by atoms with Crippen LogP contribution in [0.1, 0.15) is 109 Å². The van der Waals surface area contributed by atoms with Crippen LogP contribution in [0.2, 0.25) is 0 Å². The molecule has 0 radical (unpaired) electrons. The average Bonchev–Trinajstić information content (AvgIpc) is 1.35. The van der Waals surface area contributed by atoms with E-state index in [9.17, 15) is 33.9 Å². The quantitative estimate of drug-likeness (QED) is 0.0276. The molecule has 23 heteroatoms. The number of thiazole rings is 1. The number of carbonyl (C=O) groups excluding carboxylic acids is 5. The number of nitrogens with one attached hydrogen (secondary N) is 4. The van der Waals surface area contributed by atoms with Gasteiger partial charge in [-0.1, -0.05) is 69.3 Å². The average molecular weight is 1300 g/mol. The summed E-state index contributed by atoms with van der Waals surface area (Å²) in [5.74, 6) is -1.32. The SMILES string of the molecule is CCN(c1cc(-c2ccc(CN3CCN(C(=O)CCOCCOCCOCCOCCOCCC(=O)N[C@H](C(=O)N4C[C@H](O)CC4C(=O)NCc4ccc(-c5scnc5C)cc4)C(C)(C)C)CC3)cc2)cc(C(=O)NCc2c(C)cc(C)[nH]c2=O)c1C)C1CCOCC1. The molecule has 8 rings (SSSR count). The van der Waals surface area contributed by atoms with E-state index in [-0.39, 0.29) is 74.9 Å². The Bertz CT molecular complexity index is 3300. The molecule has 3 aliphatic rings. The molecule has 3 fully saturated rings. The molecular formula is C70H97N9O13S. The molecule has 1 unspecified atom stereocenters. The van der Waals surface area contributed by atoms with Crippen molar-refractivity contribution in [1.82, 2.24) is 40.6 Å². The molecule has 0 bridgehead atoms. The Morgan fingerprint density at radius 3 is 1.95 bits per heavy atom. The molecule has 93 heavy (non-hydrogen) atoms. The van der Waals surface area contributed by atoms with E-state index in [2.05, 4.69) is 73.0 Å². The first kappa shape index (κ1) is 71.9. The first-order valence-corrected chi connectivity index (χ1v) is 33.7. The molecule has 3 atom stereocenters. The molecule has 3 aliphatic heterocycles. The number of piperazine rings is 1. The van der Waals surface area contributed by atoms with Crippen LogP contribution < -0.4 is 26.4 Å². The minimum absolute atomic E-state index is 0.0123. The van der Waals surface area contributed by atoms with Gasteiger partial charge < -0.3 is 69.2 Å². The van der Waals surface area contributed by atoms with Gasteiger partial charge in [-0.05, 0) is 110 Å². The first-order chi connectivity index (χ1) is 44.8. The van der Waals surface area contributed by atoms with Crippen LogP contribution in [0.25, 0.3) is 21.6 Å². The van der Waals surface area contributed by atoms with Crippen LogP contribution >= 0.6 is 11.3 Å². The van der Waals surface area contributed by atoms with E-state index in [1.54, 1.807) is 11.3 Å². The van der Waals surface area contributed by atoms with Crippen molar-refractivity contribution in [2.24, 2.45) is 5.41 Å². The smallest absolute Gasteiger partial charge is 0.253 e. The Morgan fingerprint density at radius 2 is 1.35 bits per heavy atom. The number of anilines is 1. The second-order valence-electron chi connectivity index (χ2n) is 25.3. The standard InChI is InChI=1S/C70H97N9O13S/c1-9-78(56-18-26-87-27-19-56)60-40-55(39-58(49(60)4)66(83)72-43-59-47(2)38-48(3)74-67(59)84)53-14-12-52(13-15-53)44-76-22-24-77(25-23-76)63(82)21-29-89-31-33-91-35-37-92-36-34-90-32-30-88-28-20-62(81)75-65(70(6,7)8)69(86)79-45-57(80)41-61(79)68(85)71-42-51-10-16-54(17-11-51)64-50(5)73-46-93-64/h10-17,38-40,46,56-57,61,65,80H,9,18-37,41-45H2,1-8H3,(H,71,85)(H,72,83)(H,74,84)(H,75,81)/t57-,61?,65-/m1/s1. The van der Waals surface area contributed by atoms with Crippen molar-refractivity contribution < 1.29 is 57.5 Å². The number of aromatic nitrogens is 2. The van der Waals surface area contributed by atoms with Crippen molar-refractivity contribution in [2.75, 3.05) is 123 Å². The number of β-amino-alcohol motifs (C(OH)–C–C–N with tert-alkyl or cyclic N) is 1. The molecule has 2 aromatic heterocycles. The number of aliphatic hydroxyl groups excluding tert-OH is 1. The van der Waals surface area contributed by atoms with Gasteiger partial charge in [-0.25, -0.2) is 4.98 Å². The number of pyridine rings is 1. The molecule has 3 saturated heterocycles. The van der Waals surface area contributed by atoms with Crippen LogP contribution in [0, 0.1) is 33.1 Å². The van der Waals surface area contributed by atoms with Gasteiger partial charge in [0.1, 0.15) is 12.1 Å². The van der Waals surface area contributed by atoms with Crippen LogP contribution in [-0.4, -0.2) is 202 Å². The fraction of sp³-hybridized carbons (Fsp3) is 0.557. The Hall–Kier alpha value is -6.93. The van der Waals surface area contributed by atoms with Gasteiger partial charge in [0.15, 0.2) is 0 Å². The van der Waals surface area contributed by atoms with Gasteiger partial charge in [0.05, 0.1) is 94.7 Å². The van der Waals surface area contributed by atoms with E-state index < -0.39 is 29.5 Å². The molecule has 5 heterocycles. The second kappa shape index (κ2) is 35.5. The van der Waals surface area contributed by atoms with E-state index >= 15 is 0 Å². The predicted molar refractivity (Wildman–Crippen MR) is 358 cm³/mol. The summed E-state index contributed by atoms with van der Waals surface area (Å²) < 4.78 is 33.9. The number of hydrogen-bond acceptors (Lipinski definition) is 17. The number of benzene rings is 3. The van der Waals surface area contributed by atoms with Gasteiger partial charge in [-0.15, -0.1) is 11.3 Å². The molecule has 506 valence electrons. The minimum atomic E-state index is -0.939. The summed E-state index contributed by atoms with van der Waals surface area (Å²) in [4.78, 5) is 96.8. The van der Waals surface area contributed by atoms with Crippen LogP contribution in [0.3, 0.4) is 0 Å². The van der Waals surface area contributed by atoms with Gasteiger partial charge in [0.2, 0.25) is 23.6 Å². The summed E-state index contributed by atoms with van der Waals surface area (Å²) in [6.07, 6.45) is 1.37. The van der Waals surface area contributed by atoms with Gasteiger partial charge in [0, 0.05) is 114 Å². The topological polar surface area (TPSA) is 256 Å². The Morgan fingerprint density at radius 1 is 0.753 bits per heavy atom. The summed E-state index contributed by atoms with van der Waals surface area (Å²) in [6.45, 7) is 24.8. The number of hydrogen-bond donors (Lipinski definition) is 5. The number of aromatic amines is 1. The Kier molecular flexibility index (Phi) is 27.5. The summed E-state index contributed by atoms with van der Waals surface area (Å²) >= 11 is 1.57. The molecule has 0 spiro atoms. The number of rotatable bonds is 33. The fourth-order valence-corrected chi connectivity index (χ4v) is 12.9. The third-order valence-corrected chi connectivity index (χ3v) is 18.4. The van der Waals surface area contributed by atoms with Gasteiger partial charge >= 0.3 is 0 Å². The highest BCUT2D eigenvalue weighted by atomic mass is 32.1. The maximum Gasteiger partial charge on any atom is 0.253 e. The zero-order valence-electron chi connectivity index (χ0n) is 55.6. The lowest BCUT2D eigenvalue weighted by atomic mass is 9.85. The van der Waals surface area contributed by atoms with E-state index in [0.29, 0.717) is 103 Å². The summed E-state index contributed by atoms with van der Waals surface area (Å²) in [5, 5.41) is 19.4. The van der Waals surface area contributed by atoms with Crippen molar-refractivity contribution >= 4 is 46.6 Å². The van der Waals surface area contributed by atoms with E-state index in [0.717, 1.165) is 99.9 Å². The highest BCUT2D eigenvalue weighted by Gasteiger charge is 2.44. The van der Waals surface area contributed by atoms with E-state index in [1.807, 2.05) is 95.3 Å². The molecule has 5 amide bonds. The number of ether oxygens (including phenoxy) is 6. The maximum atomic E-state index is 14.0. The van der Waals surface area contributed by atoms with Crippen LogP contribution in [0.4, 0.5) is 5.69 Å². The Balaban J connectivity index is 0.645. The number of amides is 5. The second-order valence-corrected chi connectivity index (χ2v) is 26.1. The third-order valence-electron chi connectivity index (χ3n) is 17.4. The molecule has 5 aromatic rings. The van der Waals surface area contributed by atoms with Crippen molar-refractivity contribution in [2.45, 2.75) is 131 Å². The lowest BCUT2D eigenvalue weighted by Gasteiger charge is -2.37. The molecule has 0 saturated carbocycles. The number of likely N-dealkylation sites (tertiary alicyclic amines) is 1. The normalized spacial score (nSPS) is 16.7. The highest BCUT2D eigenvalue weighted by Crippen LogP contribution is 2.35. The van der Waals surface area contributed by atoms with E-state index in [1.165, 1.54) is 4.90 Å². The van der Waals surface area contributed by atoms with Crippen molar-refractivity contribution in [3.05, 3.63) is 127 Å². The minimum Gasteiger partial charge on any atom is -0.391 e. The van der Waals surface area contributed by atoms with Crippen LogP contribution in [-0.2, 0) is 67.2 Å². The summed E-state index contributed by atoms with van der Waals surface area (Å²) in [7, 11) is 0. The molecule has 0 aliphatic carbocycles. The van der Waals surface area contributed by atoms with Crippen molar-refractivity contribution in [1.29, 1.82) is 0 Å². The third kappa shape index (κ3) is 21.0. The maximum absolute atomic E-state index is 14.0. The zero-order valence-corrected chi connectivity index (χ0v) is 56.4. The van der Waals surface area contributed by atoms with Crippen LogP contribution in [0.5, 0.6) is 0 Å². The zero-order chi connectivity index (χ0) is 66.4. The largest absolute Gasteiger partial charge is 0.391 e. The lowest BCUT2D eigenvalue weighted by molar-refractivity contribution is -0.144. The Labute approximate surface area is 551 Å². The molecular weight excluding hydrogens is 1210 g/mol. The number of nitrogens with zero attached hydrogens (tertiary/aromatic N) is 5. The van der Waals surface area contributed by atoms with E-state index in [4.69, 9.17) is 28.4 Å². The highest BCUT2D eigenvalue weighted by molar-refractivity contribution is 7.13. The van der Waals surface area contributed by atoms with Crippen molar-refractivity contribution in [3.63, 3.8) is 0 Å². The number of aryl methyl sites for hydroxylation is 3. The van der Waals surface area contributed by atoms with Crippen molar-refractivity contribution in [3.8, 4) is 21.6 Å². The summed E-state index contributed by atoms with van der Waals surface area (Å²) in [6, 6.07) is 20.9. The molecule has 5 N–H and O–H groups in total. The lowest BCUT2D eigenvalue weighted by Crippen LogP contribution is -2.57. The first-order valence-electron chi connectivity index (χ1n) is 32.8. The molecule has 22 nitrogen and oxygen atoms in total. The number of H-pyrrole nitrogens is 1. The number of carbonyl (C=O) groups is 5. The van der Waals surface area contributed by atoms with Gasteiger partial charge in [-0.3, -0.25) is 33.7 Å². The van der Waals surface area contributed by atoms with Gasteiger partial charge in [0.25, 0.3) is 11.5 Å². The molecule has 3 aromatic carbocycles. The summed E-state index contributed by atoms with van der Waals surface area (Å²) in [5.41, 5.74) is 11.6. The van der Waals surface area contributed by atoms with Gasteiger partial charge in [-0.2, -0.15) is 0 Å². The predicted octanol–water partition coefficient (Wildman–Crippen LogP) is 6.65.